The first-order valence-electron chi connectivity index (χ1n) is 8.18. The number of benzene rings is 1. The van der Waals surface area contributed by atoms with Crippen LogP contribution < -0.4 is 5.32 Å². The van der Waals surface area contributed by atoms with Crippen molar-refractivity contribution < 1.29 is 14.3 Å². The molecule has 0 bridgehead atoms. The first-order chi connectivity index (χ1) is 11.5. The summed E-state index contributed by atoms with van der Waals surface area (Å²) in [4.78, 5) is 24.2. The molecule has 1 aliphatic rings. The number of esters is 1. The van der Waals surface area contributed by atoms with Gasteiger partial charge < -0.3 is 14.6 Å². The van der Waals surface area contributed by atoms with Crippen molar-refractivity contribution in [3.63, 3.8) is 0 Å². The molecule has 126 valence electrons. The number of aromatic nitrogens is 1. The SMILES string of the molecule is Cc1ccc(NC(=O)COC(=O)c2cc(C)n(C3CC3)c2C)cc1. The summed E-state index contributed by atoms with van der Waals surface area (Å²) >= 11 is 0. The molecule has 5 heteroatoms. The number of hydrogen-bond acceptors (Lipinski definition) is 3. The number of hydrogen-bond donors (Lipinski definition) is 1. The van der Waals surface area contributed by atoms with Crippen LogP contribution in [-0.2, 0) is 9.53 Å². The molecule has 1 aromatic carbocycles. The summed E-state index contributed by atoms with van der Waals surface area (Å²) < 4.78 is 7.35. The maximum absolute atomic E-state index is 12.3. The molecule has 0 saturated heterocycles. The van der Waals surface area contributed by atoms with Gasteiger partial charge in [-0.3, -0.25) is 4.79 Å². The Morgan fingerprint density at radius 3 is 2.46 bits per heavy atom. The van der Waals surface area contributed by atoms with Gasteiger partial charge in [-0.15, -0.1) is 0 Å². The zero-order valence-corrected chi connectivity index (χ0v) is 14.3. The smallest absolute Gasteiger partial charge is 0.340 e. The Kier molecular flexibility index (Phi) is 4.42. The number of anilines is 1. The molecule has 1 aromatic heterocycles. The number of nitrogens with one attached hydrogen (secondary N) is 1. The largest absolute Gasteiger partial charge is 0.452 e. The molecule has 2 aromatic rings. The minimum atomic E-state index is -0.450. The predicted octanol–water partition coefficient (Wildman–Crippen LogP) is 3.54. The average Bonchev–Trinajstić information content (AvgIpc) is 3.33. The lowest BCUT2D eigenvalue weighted by Gasteiger charge is -2.08. The number of amides is 1. The van der Waals surface area contributed by atoms with Crippen LogP contribution in [-0.4, -0.2) is 23.1 Å². The standard InChI is InChI=1S/C19H22N2O3/c1-12-4-6-15(7-5-12)20-18(22)11-24-19(23)17-10-13(2)21(14(17)3)16-8-9-16/h4-7,10,16H,8-9,11H2,1-3H3,(H,20,22). The third kappa shape index (κ3) is 3.50. The van der Waals surface area contributed by atoms with E-state index in [1.165, 1.54) is 0 Å². The van der Waals surface area contributed by atoms with Gasteiger partial charge in [0.15, 0.2) is 6.61 Å². The molecule has 1 aliphatic carbocycles. The fourth-order valence-corrected chi connectivity index (χ4v) is 2.92. The summed E-state index contributed by atoms with van der Waals surface area (Å²) in [6.07, 6.45) is 2.31. The summed E-state index contributed by atoms with van der Waals surface area (Å²) in [6, 6.07) is 9.81. The normalized spacial score (nSPS) is 13.6. The van der Waals surface area contributed by atoms with Gasteiger partial charge >= 0.3 is 5.97 Å². The molecular weight excluding hydrogens is 304 g/mol. The van der Waals surface area contributed by atoms with Crippen molar-refractivity contribution in [1.82, 2.24) is 4.57 Å². The van der Waals surface area contributed by atoms with E-state index in [1.54, 1.807) is 0 Å². The molecule has 1 amide bonds. The summed E-state index contributed by atoms with van der Waals surface area (Å²) in [5.74, 6) is -0.794. The van der Waals surface area contributed by atoms with Gasteiger partial charge in [0, 0.05) is 23.1 Å². The zero-order valence-electron chi connectivity index (χ0n) is 14.3. The van der Waals surface area contributed by atoms with Crippen LogP contribution >= 0.6 is 0 Å². The van der Waals surface area contributed by atoms with Crippen LogP contribution in [0.15, 0.2) is 30.3 Å². The predicted molar refractivity (Wildman–Crippen MR) is 92.3 cm³/mol. The highest BCUT2D eigenvalue weighted by atomic mass is 16.5. The van der Waals surface area contributed by atoms with Gasteiger partial charge in [-0.05, 0) is 51.8 Å². The van der Waals surface area contributed by atoms with Crippen LogP contribution in [0.1, 0.15) is 46.2 Å². The van der Waals surface area contributed by atoms with E-state index in [0.717, 1.165) is 29.8 Å². The van der Waals surface area contributed by atoms with E-state index in [0.29, 0.717) is 17.3 Å². The monoisotopic (exact) mass is 326 g/mol. The van der Waals surface area contributed by atoms with Crippen LogP contribution in [0.2, 0.25) is 0 Å². The molecule has 5 nitrogen and oxygen atoms in total. The lowest BCUT2D eigenvalue weighted by Crippen LogP contribution is -2.21. The minimum absolute atomic E-state index is 0.292. The van der Waals surface area contributed by atoms with Gasteiger partial charge in [0.05, 0.1) is 5.56 Å². The van der Waals surface area contributed by atoms with Gasteiger partial charge in [-0.2, -0.15) is 0 Å². The average molecular weight is 326 g/mol. The van der Waals surface area contributed by atoms with E-state index in [1.807, 2.05) is 51.1 Å². The Bertz CT molecular complexity index is 771. The molecule has 1 N–H and O–H groups in total. The first-order valence-corrected chi connectivity index (χ1v) is 8.18. The molecule has 1 heterocycles. The van der Waals surface area contributed by atoms with E-state index >= 15 is 0 Å². The third-order valence-corrected chi connectivity index (χ3v) is 4.29. The zero-order chi connectivity index (χ0) is 17.3. The molecule has 3 rings (SSSR count). The summed E-state index contributed by atoms with van der Waals surface area (Å²) in [5.41, 5.74) is 4.33. The Morgan fingerprint density at radius 1 is 1.17 bits per heavy atom. The van der Waals surface area contributed by atoms with E-state index in [-0.39, 0.29) is 12.5 Å². The van der Waals surface area contributed by atoms with Crippen LogP contribution in [0.5, 0.6) is 0 Å². The van der Waals surface area contributed by atoms with Crippen molar-refractivity contribution in [1.29, 1.82) is 0 Å². The highest BCUT2D eigenvalue weighted by molar-refractivity contribution is 5.96. The fourth-order valence-electron chi connectivity index (χ4n) is 2.92. The maximum atomic E-state index is 12.3. The molecule has 0 spiro atoms. The fraction of sp³-hybridized carbons (Fsp3) is 0.368. The number of rotatable bonds is 5. The Balaban J connectivity index is 1.58. The lowest BCUT2D eigenvalue weighted by molar-refractivity contribution is -0.119. The highest BCUT2D eigenvalue weighted by Gasteiger charge is 2.28. The van der Waals surface area contributed by atoms with Crippen LogP contribution in [0.4, 0.5) is 5.69 Å². The van der Waals surface area contributed by atoms with Gasteiger partial charge in [0.1, 0.15) is 0 Å². The number of aryl methyl sites for hydroxylation is 2. The number of carbonyl (C=O) groups is 2. The van der Waals surface area contributed by atoms with Gasteiger partial charge in [0.25, 0.3) is 5.91 Å². The second-order valence-electron chi connectivity index (χ2n) is 6.38. The molecule has 24 heavy (non-hydrogen) atoms. The van der Waals surface area contributed by atoms with Gasteiger partial charge in [0.2, 0.25) is 0 Å². The summed E-state index contributed by atoms with van der Waals surface area (Å²) in [5, 5.41) is 2.71. The Hall–Kier alpha value is -2.56. The van der Waals surface area contributed by atoms with Gasteiger partial charge in [-0.25, -0.2) is 4.79 Å². The Labute approximate surface area is 141 Å². The molecule has 0 radical (unpaired) electrons. The quantitative estimate of drug-likeness (QED) is 0.855. The topological polar surface area (TPSA) is 60.3 Å². The number of ether oxygens (including phenoxy) is 1. The van der Waals surface area contributed by atoms with Crippen LogP contribution in [0.25, 0.3) is 0 Å². The molecular formula is C19H22N2O3. The van der Waals surface area contributed by atoms with Crippen molar-refractivity contribution >= 4 is 17.6 Å². The van der Waals surface area contributed by atoms with E-state index < -0.39 is 5.97 Å². The molecule has 1 fully saturated rings. The second kappa shape index (κ2) is 6.51. The van der Waals surface area contributed by atoms with Crippen molar-refractivity contribution in [2.24, 2.45) is 0 Å². The Morgan fingerprint density at radius 2 is 1.83 bits per heavy atom. The van der Waals surface area contributed by atoms with Crippen molar-refractivity contribution in [3.05, 3.63) is 52.8 Å². The highest BCUT2D eigenvalue weighted by Crippen LogP contribution is 2.38. The maximum Gasteiger partial charge on any atom is 0.340 e. The first kappa shape index (κ1) is 16.3. The number of nitrogens with zero attached hydrogens (tertiary/aromatic N) is 1. The summed E-state index contributed by atoms with van der Waals surface area (Å²) in [6.45, 7) is 5.60. The van der Waals surface area contributed by atoms with E-state index in [4.69, 9.17) is 4.74 Å². The summed E-state index contributed by atoms with van der Waals surface area (Å²) in [7, 11) is 0. The van der Waals surface area contributed by atoms with Gasteiger partial charge in [-0.1, -0.05) is 17.7 Å². The molecule has 1 saturated carbocycles. The second-order valence-corrected chi connectivity index (χ2v) is 6.38. The molecule has 0 unspecified atom stereocenters. The van der Waals surface area contributed by atoms with E-state index in [2.05, 4.69) is 9.88 Å². The van der Waals surface area contributed by atoms with Crippen LogP contribution in [0.3, 0.4) is 0 Å². The van der Waals surface area contributed by atoms with Crippen LogP contribution in [0, 0.1) is 20.8 Å². The molecule has 0 atom stereocenters. The van der Waals surface area contributed by atoms with Crippen molar-refractivity contribution in [2.45, 2.75) is 39.7 Å². The van der Waals surface area contributed by atoms with Crippen molar-refractivity contribution in [2.75, 3.05) is 11.9 Å². The van der Waals surface area contributed by atoms with E-state index in [9.17, 15) is 9.59 Å². The number of carbonyl (C=O) groups excluding carboxylic acids is 2. The van der Waals surface area contributed by atoms with Crippen molar-refractivity contribution in [3.8, 4) is 0 Å². The third-order valence-electron chi connectivity index (χ3n) is 4.29. The lowest BCUT2D eigenvalue weighted by atomic mass is 10.2. The molecule has 0 aliphatic heterocycles. The minimum Gasteiger partial charge on any atom is -0.452 e.